The van der Waals surface area contributed by atoms with Crippen molar-refractivity contribution in [2.75, 3.05) is 25.6 Å². The van der Waals surface area contributed by atoms with Crippen LogP contribution >= 0.6 is 0 Å². The molecule has 0 atom stereocenters. The van der Waals surface area contributed by atoms with E-state index in [1.165, 1.54) is 0 Å². The molecule has 3 rings (SSSR count). The second-order valence-corrected chi connectivity index (χ2v) is 6.21. The van der Waals surface area contributed by atoms with Gasteiger partial charge in [0.1, 0.15) is 30.5 Å². The Morgan fingerprint density at radius 3 is 2.34 bits per heavy atom. The van der Waals surface area contributed by atoms with E-state index in [1.807, 2.05) is 60.7 Å². The van der Waals surface area contributed by atoms with Gasteiger partial charge in [-0.05, 0) is 42.0 Å². The summed E-state index contributed by atoms with van der Waals surface area (Å²) in [7, 11) is 1.60. The number of ether oxygens (including phenoxy) is 3. The third-order valence-corrected chi connectivity index (χ3v) is 4.06. The molecule has 6 heteroatoms. The van der Waals surface area contributed by atoms with Crippen LogP contribution in [0.15, 0.2) is 78.9 Å². The lowest BCUT2D eigenvalue weighted by molar-refractivity contribution is 0.247. The van der Waals surface area contributed by atoms with Gasteiger partial charge in [0, 0.05) is 11.8 Å². The molecule has 0 saturated carbocycles. The van der Waals surface area contributed by atoms with Crippen LogP contribution < -0.4 is 24.8 Å². The maximum atomic E-state index is 12.0. The van der Waals surface area contributed by atoms with Gasteiger partial charge < -0.3 is 24.8 Å². The molecule has 0 aliphatic rings. The SMILES string of the molecule is COc1cccc(OCCNC(=O)Nc2ccc(OCc3ccccc3)cc2)c1. The number of methoxy groups -OCH3 is 1. The van der Waals surface area contributed by atoms with Gasteiger partial charge in [-0.15, -0.1) is 0 Å². The summed E-state index contributed by atoms with van der Waals surface area (Å²) in [6.07, 6.45) is 0. The fourth-order valence-electron chi connectivity index (χ4n) is 2.58. The second-order valence-electron chi connectivity index (χ2n) is 6.21. The van der Waals surface area contributed by atoms with Crippen molar-refractivity contribution in [2.45, 2.75) is 6.61 Å². The molecule has 0 heterocycles. The fraction of sp³-hybridized carbons (Fsp3) is 0.174. The first-order valence-corrected chi connectivity index (χ1v) is 9.31. The molecule has 6 nitrogen and oxygen atoms in total. The number of carbonyl (C=O) groups excluding carboxylic acids is 1. The highest BCUT2D eigenvalue weighted by atomic mass is 16.5. The van der Waals surface area contributed by atoms with Crippen molar-refractivity contribution in [1.82, 2.24) is 5.32 Å². The smallest absolute Gasteiger partial charge is 0.319 e. The normalized spacial score (nSPS) is 10.1. The highest BCUT2D eigenvalue weighted by Gasteiger charge is 2.03. The molecule has 150 valence electrons. The number of urea groups is 1. The molecule has 0 fully saturated rings. The molecule has 0 unspecified atom stereocenters. The Morgan fingerprint density at radius 2 is 1.59 bits per heavy atom. The molecular formula is C23H24N2O4. The minimum absolute atomic E-state index is 0.294. The second kappa shape index (κ2) is 10.6. The van der Waals surface area contributed by atoms with Crippen molar-refractivity contribution in [3.8, 4) is 17.2 Å². The molecule has 29 heavy (non-hydrogen) atoms. The van der Waals surface area contributed by atoms with Gasteiger partial charge in [0.2, 0.25) is 0 Å². The van der Waals surface area contributed by atoms with Crippen molar-refractivity contribution >= 4 is 11.7 Å². The van der Waals surface area contributed by atoms with E-state index in [-0.39, 0.29) is 6.03 Å². The van der Waals surface area contributed by atoms with Gasteiger partial charge in [-0.2, -0.15) is 0 Å². The van der Waals surface area contributed by atoms with E-state index in [2.05, 4.69) is 10.6 Å². The molecule has 3 aromatic rings. The fourth-order valence-corrected chi connectivity index (χ4v) is 2.58. The summed E-state index contributed by atoms with van der Waals surface area (Å²) in [5.74, 6) is 2.16. The van der Waals surface area contributed by atoms with Gasteiger partial charge in [0.15, 0.2) is 0 Å². The van der Waals surface area contributed by atoms with Crippen LogP contribution in [0.5, 0.6) is 17.2 Å². The summed E-state index contributed by atoms with van der Waals surface area (Å²) in [6, 6.07) is 24.2. The Morgan fingerprint density at radius 1 is 0.828 bits per heavy atom. The Hall–Kier alpha value is -3.67. The van der Waals surface area contributed by atoms with E-state index in [4.69, 9.17) is 14.2 Å². The Balaban J connectivity index is 1.36. The predicted molar refractivity (Wildman–Crippen MR) is 113 cm³/mol. The van der Waals surface area contributed by atoms with Crippen LogP contribution in [-0.4, -0.2) is 26.3 Å². The molecule has 0 aromatic heterocycles. The van der Waals surface area contributed by atoms with Gasteiger partial charge in [-0.3, -0.25) is 0 Å². The number of hydrogen-bond acceptors (Lipinski definition) is 4. The van der Waals surface area contributed by atoms with Crippen LogP contribution in [0.1, 0.15) is 5.56 Å². The first-order valence-electron chi connectivity index (χ1n) is 9.31. The highest BCUT2D eigenvalue weighted by molar-refractivity contribution is 5.89. The summed E-state index contributed by atoms with van der Waals surface area (Å²) in [5, 5.41) is 5.53. The van der Waals surface area contributed by atoms with E-state index in [0.29, 0.717) is 31.2 Å². The summed E-state index contributed by atoms with van der Waals surface area (Å²) < 4.78 is 16.5. The average Bonchev–Trinajstić information content (AvgIpc) is 2.77. The highest BCUT2D eigenvalue weighted by Crippen LogP contribution is 2.19. The summed E-state index contributed by atoms with van der Waals surface area (Å²) in [6.45, 7) is 1.23. The number of amides is 2. The van der Waals surface area contributed by atoms with Gasteiger partial charge >= 0.3 is 6.03 Å². The van der Waals surface area contributed by atoms with Crippen molar-refractivity contribution in [3.63, 3.8) is 0 Å². The third-order valence-electron chi connectivity index (χ3n) is 4.06. The van der Waals surface area contributed by atoms with Crippen molar-refractivity contribution in [1.29, 1.82) is 0 Å². The molecular weight excluding hydrogens is 368 g/mol. The summed E-state index contributed by atoms with van der Waals surface area (Å²) in [4.78, 5) is 12.0. The first-order chi connectivity index (χ1) is 14.2. The molecule has 3 aromatic carbocycles. The van der Waals surface area contributed by atoms with Crippen molar-refractivity contribution < 1.29 is 19.0 Å². The minimum Gasteiger partial charge on any atom is -0.497 e. The van der Waals surface area contributed by atoms with Crippen LogP contribution in [0.25, 0.3) is 0 Å². The van der Waals surface area contributed by atoms with Crippen molar-refractivity contribution in [2.24, 2.45) is 0 Å². The molecule has 0 bridgehead atoms. The predicted octanol–water partition coefficient (Wildman–Crippen LogP) is 4.47. The maximum Gasteiger partial charge on any atom is 0.319 e. The molecule has 0 aliphatic carbocycles. The Kier molecular flexibility index (Phi) is 7.34. The van der Waals surface area contributed by atoms with E-state index in [1.54, 1.807) is 25.3 Å². The maximum absolute atomic E-state index is 12.0. The van der Waals surface area contributed by atoms with E-state index in [9.17, 15) is 4.79 Å². The van der Waals surface area contributed by atoms with Gasteiger partial charge in [-0.25, -0.2) is 4.79 Å². The lowest BCUT2D eigenvalue weighted by atomic mass is 10.2. The first kappa shape index (κ1) is 20.1. The number of anilines is 1. The quantitative estimate of drug-likeness (QED) is 0.527. The molecule has 2 N–H and O–H groups in total. The van der Waals surface area contributed by atoms with Gasteiger partial charge in [0.25, 0.3) is 0 Å². The molecule has 0 aliphatic heterocycles. The van der Waals surface area contributed by atoms with E-state index < -0.39 is 0 Å². The van der Waals surface area contributed by atoms with Crippen LogP contribution in [0.2, 0.25) is 0 Å². The monoisotopic (exact) mass is 392 g/mol. The number of hydrogen-bond donors (Lipinski definition) is 2. The largest absolute Gasteiger partial charge is 0.497 e. The third kappa shape index (κ3) is 6.77. The molecule has 0 radical (unpaired) electrons. The summed E-state index contributed by atoms with van der Waals surface area (Å²) >= 11 is 0. The average molecular weight is 392 g/mol. The van der Waals surface area contributed by atoms with Crippen molar-refractivity contribution in [3.05, 3.63) is 84.4 Å². The molecule has 0 saturated heterocycles. The number of benzene rings is 3. The zero-order valence-electron chi connectivity index (χ0n) is 16.3. The minimum atomic E-state index is -0.294. The number of rotatable bonds is 9. The standard InChI is InChI=1S/C23H24N2O4/c1-27-21-8-5-9-22(16-21)28-15-14-24-23(26)25-19-10-12-20(13-11-19)29-17-18-6-3-2-4-7-18/h2-13,16H,14-15,17H2,1H3,(H2,24,25,26). The van der Waals surface area contributed by atoms with E-state index in [0.717, 1.165) is 17.1 Å². The van der Waals surface area contributed by atoms with Gasteiger partial charge in [0.05, 0.1) is 13.7 Å². The number of carbonyl (C=O) groups is 1. The van der Waals surface area contributed by atoms with Crippen LogP contribution in [0, 0.1) is 0 Å². The van der Waals surface area contributed by atoms with Crippen LogP contribution in [0.3, 0.4) is 0 Å². The van der Waals surface area contributed by atoms with Crippen LogP contribution in [-0.2, 0) is 6.61 Å². The summed E-state index contributed by atoms with van der Waals surface area (Å²) in [5.41, 5.74) is 1.79. The molecule has 0 spiro atoms. The zero-order valence-corrected chi connectivity index (χ0v) is 16.3. The molecule has 2 amide bonds. The van der Waals surface area contributed by atoms with Gasteiger partial charge in [-0.1, -0.05) is 36.4 Å². The Labute approximate surface area is 170 Å². The lowest BCUT2D eigenvalue weighted by Gasteiger charge is -2.10. The Bertz CT molecular complexity index is 898. The van der Waals surface area contributed by atoms with E-state index >= 15 is 0 Å². The number of nitrogens with one attached hydrogen (secondary N) is 2. The lowest BCUT2D eigenvalue weighted by Crippen LogP contribution is -2.32. The zero-order chi connectivity index (χ0) is 20.3. The topological polar surface area (TPSA) is 68.8 Å². The van der Waals surface area contributed by atoms with Crippen LogP contribution in [0.4, 0.5) is 10.5 Å².